The molecule has 0 saturated carbocycles. The predicted octanol–water partition coefficient (Wildman–Crippen LogP) is 1.92. The summed E-state index contributed by atoms with van der Waals surface area (Å²) in [6.07, 6.45) is 2.88. The first-order valence-electron chi connectivity index (χ1n) is 6.93. The maximum absolute atomic E-state index is 12.2. The Morgan fingerprint density at radius 2 is 2.00 bits per heavy atom. The Morgan fingerprint density at radius 3 is 2.53 bits per heavy atom. The molecule has 1 heterocycles. The largest absolute Gasteiger partial charge is 0.396 e. The number of nitrogens with zero attached hydrogens (tertiary/aromatic N) is 2. The van der Waals surface area contributed by atoms with Crippen LogP contribution in [0.25, 0.3) is 0 Å². The van der Waals surface area contributed by atoms with Gasteiger partial charge in [-0.3, -0.25) is 9.69 Å². The molecule has 0 radical (unpaired) electrons. The third-order valence-electron chi connectivity index (χ3n) is 3.69. The zero-order valence-electron chi connectivity index (χ0n) is 12.6. The number of ketones is 1. The van der Waals surface area contributed by atoms with Crippen molar-refractivity contribution >= 4 is 5.78 Å². The number of hydrogen-bond donors (Lipinski definition) is 1. The molecule has 0 aliphatic carbocycles. The van der Waals surface area contributed by atoms with Crippen LogP contribution < -0.4 is 0 Å². The van der Waals surface area contributed by atoms with E-state index in [2.05, 4.69) is 9.47 Å². The minimum absolute atomic E-state index is 0.186. The molecule has 0 bridgehead atoms. The van der Waals surface area contributed by atoms with Crippen molar-refractivity contribution in [3.8, 4) is 0 Å². The number of rotatable bonds is 8. The Labute approximate surface area is 116 Å². The second-order valence-electron chi connectivity index (χ2n) is 5.29. The van der Waals surface area contributed by atoms with Crippen molar-refractivity contribution in [1.82, 2.24) is 9.47 Å². The zero-order valence-corrected chi connectivity index (χ0v) is 12.6. The fourth-order valence-electron chi connectivity index (χ4n) is 2.22. The Bertz CT molecular complexity index is 424. The van der Waals surface area contributed by atoms with Crippen LogP contribution in [0, 0.1) is 13.8 Å². The van der Waals surface area contributed by atoms with Crippen molar-refractivity contribution < 1.29 is 9.90 Å². The first-order valence-corrected chi connectivity index (χ1v) is 6.93. The van der Waals surface area contributed by atoms with Crippen LogP contribution in [-0.4, -0.2) is 47.1 Å². The monoisotopic (exact) mass is 266 g/mol. The van der Waals surface area contributed by atoms with Crippen LogP contribution in [0.4, 0.5) is 0 Å². The van der Waals surface area contributed by atoms with Crippen molar-refractivity contribution in [3.63, 3.8) is 0 Å². The lowest BCUT2D eigenvalue weighted by Crippen LogP contribution is -2.27. The second kappa shape index (κ2) is 7.46. The molecule has 0 spiro atoms. The number of aliphatic hydroxyl groups is 1. The van der Waals surface area contributed by atoms with Crippen LogP contribution in [0.1, 0.15) is 41.0 Å². The van der Waals surface area contributed by atoms with E-state index in [1.54, 1.807) is 0 Å². The highest BCUT2D eigenvalue weighted by Crippen LogP contribution is 2.14. The lowest BCUT2D eigenvalue weighted by molar-refractivity contribution is 0.0944. The number of aryl methyl sites for hydroxylation is 1. The van der Waals surface area contributed by atoms with Gasteiger partial charge in [-0.15, -0.1) is 0 Å². The van der Waals surface area contributed by atoms with Gasteiger partial charge in [-0.25, -0.2) is 0 Å². The number of aliphatic hydroxyl groups excluding tert-OH is 1. The van der Waals surface area contributed by atoms with E-state index in [-0.39, 0.29) is 12.4 Å². The summed E-state index contributed by atoms with van der Waals surface area (Å²) < 4.78 is 2.05. The van der Waals surface area contributed by atoms with E-state index in [1.807, 2.05) is 34.0 Å². The van der Waals surface area contributed by atoms with Gasteiger partial charge < -0.3 is 9.67 Å². The fourth-order valence-corrected chi connectivity index (χ4v) is 2.22. The normalized spacial score (nSPS) is 11.3. The molecule has 0 aromatic carbocycles. The molecule has 1 aromatic rings. The van der Waals surface area contributed by atoms with Crippen molar-refractivity contribution in [2.45, 2.75) is 33.1 Å². The standard InChI is InChI=1S/C15H26N2O2/c1-12-10-14(13(2)17(12)4)15(19)11-16(3)8-6-5-7-9-18/h10,18H,5-9,11H2,1-4H3. The molecular weight excluding hydrogens is 240 g/mol. The molecular formula is C15H26N2O2. The summed E-state index contributed by atoms with van der Waals surface area (Å²) in [7, 11) is 3.96. The highest BCUT2D eigenvalue weighted by molar-refractivity contribution is 5.98. The van der Waals surface area contributed by atoms with Gasteiger partial charge >= 0.3 is 0 Å². The molecule has 0 aliphatic heterocycles. The molecule has 1 aromatic heterocycles. The number of carbonyl (C=O) groups excluding carboxylic acids is 1. The zero-order chi connectivity index (χ0) is 14.4. The van der Waals surface area contributed by atoms with Gasteiger partial charge in [0, 0.05) is 30.6 Å². The quantitative estimate of drug-likeness (QED) is 0.577. The molecule has 0 atom stereocenters. The molecule has 0 unspecified atom stereocenters. The Morgan fingerprint density at radius 1 is 1.32 bits per heavy atom. The summed E-state index contributed by atoms with van der Waals surface area (Å²) in [5.41, 5.74) is 2.99. The number of unbranched alkanes of at least 4 members (excludes halogenated alkanes) is 2. The van der Waals surface area contributed by atoms with Gasteiger partial charge in [0.05, 0.1) is 6.54 Å². The minimum Gasteiger partial charge on any atom is -0.396 e. The average molecular weight is 266 g/mol. The van der Waals surface area contributed by atoms with E-state index >= 15 is 0 Å². The van der Waals surface area contributed by atoms with Gasteiger partial charge in [0.2, 0.25) is 0 Å². The maximum Gasteiger partial charge on any atom is 0.178 e. The van der Waals surface area contributed by atoms with Crippen LogP contribution in [0.5, 0.6) is 0 Å². The Kier molecular flexibility index (Phi) is 6.25. The summed E-state index contributed by atoms with van der Waals surface area (Å²) in [4.78, 5) is 14.3. The second-order valence-corrected chi connectivity index (χ2v) is 5.29. The molecule has 108 valence electrons. The van der Waals surface area contributed by atoms with Crippen LogP contribution in [0.3, 0.4) is 0 Å². The lowest BCUT2D eigenvalue weighted by Gasteiger charge is -2.15. The molecule has 0 aliphatic rings. The van der Waals surface area contributed by atoms with Crippen molar-refractivity contribution in [3.05, 3.63) is 23.0 Å². The van der Waals surface area contributed by atoms with E-state index in [0.717, 1.165) is 42.8 Å². The van der Waals surface area contributed by atoms with Gasteiger partial charge in [-0.05, 0) is 52.8 Å². The van der Waals surface area contributed by atoms with Crippen LogP contribution in [0.2, 0.25) is 0 Å². The van der Waals surface area contributed by atoms with Crippen LogP contribution >= 0.6 is 0 Å². The van der Waals surface area contributed by atoms with Crippen LogP contribution in [0.15, 0.2) is 6.07 Å². The van der Waals surface area contributed by atoms with Crippen LogP contribution in [-0.2, 0) is 7.05 Å². The van der Waals surface area contributed by atoms with E-state index in [9.17, 15) is 4.79 Å². The SMILES string of the molecule is Cc1cc(C(=O)CN(C)CCCCCO)c(C)n1C. The van der Waals surface area contributed by atoms with Gasteiger partial charge in [0.1, 0.15) is 0 Å². The van der Waals surface area contributed by atoms with Gasteiger partial charge in [0.15, 0.2) is 5.78 Å². The highest BCUT2D eigenvalue weighted by Gasteiger charge is 2.15. The number of carbonyl (C=O) groups is 1. The smallest absolute Gasteiger partial charge is 0.178 e. The molecule has 0 amide bonds. The summed E-state index contributed by atoms with van der Waals surface area (Å²) in [5.74, 6) is 0.186. The first-order chi connectivity index (χ1) is 8.97. The van der Waals surface area contributed by atoms with Gasteiger partial charge in [-0.1, -0.05) is 0 Å². The van der Waals surface area contributed by atoms with E-state index in [0.29, 0.717) is 6.54 Å². The number of aromatic nitrogens is 1. The lowest BCUT2D eigenvalue weighted by atomic mass is 10.1. The average Bonchev–Trinajstić information content (AvgIpc) is 2.62. The third-order valence-corrected chi connectivity index (χ3v) is 3.69. The first kappa shape index (κ1) is 15.9. The van der Waals surface area contributed by atoms with Gasteiger partial charge in [-0.2, -0.15) is 0 Å². The molecule has 0 saturated heterocycles. The molecule has 19 heavy (non-hydrogen) atoms. The minimum atomic E-state index is 0.186. The van der Waals surface area contributed by atoms with Gasteiger partial charge in [0.25, 0.3) is 0 Å². The molecule has 0 fully saturated rings. The fraction of sp³-hybridized carbons (Fsp3) is 0.667. The van der Waals surface area contributed by atoms with E-state index in [4.69, 9.17) is 5.11 Å². The van der Waals surface area contributed by atoms with Crippen molar-refractivity contribution in [1.29, 1.82) is 0 Å². The third kappa shape index (κ3) is 4.48. The Balaban J connectivity index is 2.48. The van der Waals surface area contributed by atoms with E-state index < -0.39 is 0 Å². The van der Waals surface area contributed by atoms with Crippen molar-refractivity contribution in [2.75, 3.05) is 26.7 Å². The molecule has 1 rings (SSSR count). The topological polar surface area (TPSA) is 45.5 Å². The molecule has 4 heteroatoms. The molecule has 4 nitrogen and oxygen atoms in total. The summed E-state index contributed by atoms with van der Waals surface area (Å²) in [5, 5.41) is 8.71. The predicted molar refractivity (Wildman–Crippen MR) is 77.7 cm³/mol. The van der Waals surface area contributed by atoms with Crippen molar-refractivity contribution in [2.24, 2.45) is 7.05 Å². The Hall–Kier alpha value is -1.13. The number of Topliss-reactive ketones (excluding diaryl/α,β-unsaturated/α-hetero) is 1. The highest BCUT2D eigenvalue weighted by atomic mass is 16.2. The summed E-state index contributed by atoms with van der Waals surface area (Å²) in [6, 6.07) is 1.97. The number of likely N-dealkylation sites (N-methyl/N-ethyl adjacent to an activating group) is 1. The molecule has 1 N–H and O–H groups in total. The van der Waals surface area contributed by atoms with E-state index in [1.165, 1.54) is 0 Å². The summed E-state index contributed by atoms with van der Waals surface area (Å²) in [6.45, 7) is 5.62. The summed E-state index contributed by atoms with van der Waals surface area (Å²) >= 11 is 0. The maximum atomic E-state index is 12.2. The number of hydrogen-bond acceptors (Lipinski definition) is 3.